The van der Waals surface area contributed by atoms with Crippen molar-refractivity contribution in [3.05, 3.63) is 18.7 Å². The number of alkyl halides is 5. The molecule has 0 amide bonds. The average molecular weight is 352 g/mol. The summed E-state index contributed by atoms with van der Waals surface area (Å²) in [7, 11) is 2.49. The van der Waals surface area contributed by atoms with Crippen LogP contribution in [0.1, 0.15) is 19.8 Å². The maximum absolute atomic E-state index is 12.6. The van der Waals surface area contributed by atoms with Crippen molar-refractivity contribution in [1.82, 2.24) is 4.57 Å². The van der Waals surface area contributed by atoms with Gasteiger partial charge in [0, 0.05) is 0 Å². The van der Waals surface area contributed by atoms with Crippen molar-refractivity contribution < 1.29 is 31.2 Å². The number of rotatable bonds is 5. The molecule has 0 atom stereocenters. The van der Waals surface area contributed by atoms with Crippen LogP contribution in [-0.4, -0.2) is 30.0 Å². The van der Waals surface area contributed by atoms with Gasteiger partial charge < -0.3 is 4.65 Å². The van der Waals surface area contributed by atoms with Gasteiger partial charge in [-0.25, -0.2) is 28.4 Å². The summed E-state index contributed by atoms with van der Waals surface area (Å²) in [6.07, 6.45) is -1.73. The normalized spacial score (nSPS) is 11.9. The van der Waals surface area contributed by atoms with Gasteiger partial charge >= 0.3 is 12.5 Å². The summed E-state index contributed by atoms with van der Waals surface area (Å²) in [5.74, 6) is -4.34. The van der Waals surface area contributed by atoms with E-state index in [0.717, 1.165) is 6.54 Å². The molecule has 1 rings (SSSR count). The summed E-state index contributed by atoms with van der Waals surface area (Å²) in [4.78, 5) is 0. The fourth-order valence-electron chi connectivity index (χ4n) is 1.65. The fraction of sp³-hybridized carbons (Fsp3) is 0.615. The lowest BCUT2D eigenvalue weighted by Crippen LogP contribution is -2.61. The summed E-state index contributed by atoms with van der Waals surface area (Å²) in [6.45, 7) is 3.36. The van der Waals surface area contributed by atoms with Crippen LogP contribution >= 0.6 is 0 Å². The molecule has 0 unspecified atom stereocenters. The number of aromatic nitrogens is 2. The molecule has 0 fully saturated rings. The highest BCUT2D eigenvalue weighted by Gasteiger charge is 2.67. The van der Waals surface area contributed by atoms with E-state index < -0.39 is 18.3 Å². The topological polar surface area (TPSA) is 65.6 Å². The van der Waals surface area contributed by atoms with Gasteiger partial charge in [-0.15, -0.1) is 0 Å². The molecule has 0 N–H and O–H groups in total. The number of aryl methyl sites for hydroxylation is 2. The van der Waals surface area contributed by atoms with Crippen molar-refractivity contribution in [3.8, 4) is 11.9 Å². The van der Waals surface area contributed by atoms with Crippen molar-refractivity contribution in [1.29, 1.82) is 10.5 Å². The number of nitrogens with zero attached hydrogens (tertiary/aromatic N) is 4. The molecule has 0 bridgehead atoms. The fourth-order valence-corrected chi connectivity index (χ4v) is 1.65. The molecular weight excluding hydrogens is 334 g/mol. The van der Waals surface area contributed by atoms with Gasteiger partial charge in [-0.05, 0) is 13.5 Å². The quantitative estimate of drug-likeness (QED) is 0.465. The van der Waals surface area contributed by atoms with Crippen LogP contribution in [0.3, 0.4) is 0 Å². The lowest BCUT2D eigenvalue weighted by atomic mass is 9.37. The highest BCUT2D eigenvalue weighted by molar-refractivity contribution is 6.90. The summed E-state index contributed by atoms with van der Waals surface area (Å²) in [6, 6.07) is 0. The Morgan fingerprint density at radius 2 is 1.75 bits per heavy atom. The standard InChI is InChI=1S/C8H15N2.C5H3BF5N2O/c1-3-4-5-10-7-6-9(2)8-10;1-14-6(2-12,3-13)4(7,8)5(9,10)11/h6-8H,3-5H2,1-2H3;1H3/q+1;-1. The second kappa shape index (κ2) is 8.64. The van der Waals surface area contributed by atoms with E-state index in [0.29, 0.717) is 19.0 Å². The second-order valence-electron chi connectivity index (χ2n) is 5.07. The van der Waals surface area contributed by atoms with Crippen LogP contribution in [0.15, 0.2) is 18.7 Å². The molecule has 0 aromatic carbocycles. The molecule has 1 aromatic rings. The number of hydrogen-bond acceptors (Lipinski definition) is 3. The maximum atomic E-state index is 12.6. The number of imidazole rings is 1. The SMILES string of the molecule is CCCC[n+]1ccn(C)c1.CO[B-](C#N)(C#N)C(F)(F)C(F)(F)F. The first-order valence-corrected chi connectivity index (χ1v) is 6.99. The Balaban J connectivity index is 0.000000463. The van der Waals surface area contributed by atoms with E-state index in [4.69, 9.17) is 10.5 Å². The first kappa shape index (κ1) is 21.9. The number of unbranched alkanes of at least 4 members (excludes halogenated alkanes) is 1. The first-order chi connectivity index (χ1) is 11.0. The minimum absolute atomic E-state index is 0.450. The highest BCUT2D eigenvalue weighted by atomic mass is 19.4. The smallest absolute Gasteiger partial charge is 0.422 e. The zero-order valence-electron chi connectivity index (χ0n) is 13.5. The molecule has 24 heavy (non-hydrogen) atoms. The molecule has 0 aliphatic heterocycles. The molecule has 0 radical (unpaired) electrons. The number of nitriles is 2. The van der Waals surface area contributed by atoms with Crippen molar-refractivity contribution in [3.63, 3.8) is 0 Å². The third-order valence-electron chi connectivity index (χ3n) is 3.20. The molecule has 11 heteroatoms. The average Bonchev–Trinajstić information content (AvgIpc) is 2.92. The largest absolute Gasteiger partial charge is 0.567 e. The van der Waals surface area contributed by atoms with E-state index in [1.54, 1.807) is 0 Å². The van der Waals surface area contributed by atoms with Crippen molar-refractivity contribution in [2.45, 2.75) is 38.3 Å². The molecule has 1 heterocycles. The monoisotopic (exact) mass is 352 g/mol. The molecule has 0 saturated carbocycles. The Labute approximate surface area is 136 Å². The predicted molar refractivity (Wildman–Crippen MR) is 75.5 cm³/mol. The van der Waals surface area contributed by atoms with Gasteiger partial charge in [-0.1, -0.05) is 25.3 Å². The zero-order chi connectivity index (χ0) is 19.0. The molecule has 5 nitrogen and oxygen atoms in total. The van der Waals surface area contributed by atoms with E-state index in [1.807, 2.05) is 7.05 Å². The molecule has 134 valence electrons. The molecular formula is C13H18BF5N4O. The maximum Gasteiger partial charge on any atom is 0.422 e. The number of halogens is 5. The Morgan fingerprint density at radius 3 is 2.00 bits per heavy atom. The predicted octanol–water partition coefficient (Wildman–Crippen LogP) is 2.55. The third kappa shape index (κ3) is 4.93. The van der Waals surface area contributed by atoms with Gasteiger partial charge in [-0.2, -0.15) is 13.2 Å². The van der Waals surface area contributed by atoms with E-state index in [2.05, 4.69) is 39.4 Å². The van der Waals surface area contributed by atoms with Crippen LogP contribution in [0.4, 0.5) is 22.0 Å². The highest BCUT2D eigenvalue weighted by Crippen LogP contribution is 2.41. The van der Waals surface area contributed by atoms with Crippen LogP contribution < -0.4 is 4.57 Å². The summed E-state index contributed by atoms with van der Waals surface area (Å²) < 4.78 is 68.5. The van der Waals surface area contributed by atoms with Crippen LogP contribution in [0.5, 0.6) is 0 Å². The lowest BCUT2D eigenvalue weighted by molar-refractivity contribution is -0.696. The van der Waals surface area contributed by atoms with Gasteiger partial charge in [0.25, 0.3) is 5.82 Å². The lowest BCUT2D eigenvalue weighted by Gasteiger charge is -2.35. The summed E-state index contributed by atoms with van der Waals surface area (Å²) >= 11 is 0. The first-order valence-electron chi connectivity index (χ1n) is 6.99. The molecule has 0 aliphatic rings. The van der Waals surface area contributed by atoms with Crippen LogP contribution in [-0.2, 0) is 18.2 Å². The van der Waals surface area contributed by atoms with Gasteiger partial charge in [0.05, 0.1) is 13.6 Å². The molecule has 1 aromatic heterocycles. The Bertz CT molecular complexity index is 589. The third-order valence-corrected chi connectivity index (χ3v) is 3.20. The van der Waals surface area contributed by atoms with E-state index in [1.165, 1.54) is 12.8 Å². The Morgan fingerprint density at radius 1 is 1.21 bits per heavy atom. The second-order valence-corrected chi connectivity index (χ2v) is 5.07. The van der Waals surface area contributed by atoms with Crippen LogP contribution in [0.2, 0.25) is 0 Å². The van der Waals surface area contributed by atoms with Crippen molar-refractivity contribution in [2.75, 3.05) is 7.11 Å². The van der Waals surface area contributed by atoms with E-state index in [9.17, 15) is 22.0 Å². The molecule has 0 saturated heterocycles. The Kier molecular flexibility index (Phi) is 7.87. The summed E-state index contributed by atoms with van der Waals surface area (Å²) in [5, 5.41) is 16.3. The zero-order valence-corrected chi connectivity index (χ0v) is 13.5. The number of hydrogen-bond donors (Lipinski definition) is 0. The van der Waals surface area contributed by atoms with E-state index in [-0.39, 0.29) is 0 Å². The van der Waals surface area contributed by atoms with Crippen LogP contribution in [0, 0.1) is 22.5 Å². The van der Waals surface area contributed by atoms with Gasteiger partial charge in [0.1, 0.15) is 12.4 Å². The van der Waals surface area contributed by atoms with Gasteiger partial charge in [0.15, 0.2) is 0 Å². The van der Waals surface area contributed by atoms with Crippen molar-refractivity contribution >= 4 is 6.35 Å². The van der Waals surface area contributed by atoms with Gasteiger partial charge in [0.2, 0.25) is 6.33 Å². The minimum Gasteiger partial charge on any atom is -0.567 e. The molecule has 0 spiro atoms. The molecule has 0 aliphatic carbocycles. The van der Waals surface area contributed by atoms with E-state index >= 15 is 0 Å². The summed E-state index contributed by atoms with van der Waals surface area (Å²) in [5.41, 5.74) is 0. The van der Waals surface area contributed by atoms with Crippen molar-refractivity contribution in [2.24, 2.45) is 7.05 Å². The Hall–Kier alpha value is -2.14. The van der Waals surface area contributed by atoms with Gasteiger partial charge in [-0.3, -0.25) is 0 Å². The van der Waals surface area contributed by atoms with Crippen LogP contribution in [0.25, 0.3) is 0 Å². The minimum atomic E-state index is -5.99.